The fraction of sp³-hybridized carbons (Fsp3) is 0.900. The smallest absolute Gasteiger partial charge is 0.191 e. The highest BCUT2D eigenvalue weighted by Gasteiger charge is 2.26. The third-order valence-electron chi connectivity index (χ3n) is 2.81. The van der Waals surface area contributed by atoms with Crippen molar-refractivity contribution in [2.75, 3.05) is 19.6 Å². The average molecular weight is 183 g/mol. The largest absolute Gasteiger partial charge is 0.370 e. The molecule has 3 heteroatoms. The van der Waals surface area contributed by atoms with Gasteiger partial charge in [-0.25, -0.2) is 0 Å². The van der Waals surface area contributed by atoms with E-state index >= 15 is 0 Å². The molecule has 0 aromatic rings. The van der Waals surface area contributed by atoms with E-state index < -0.39 is 0 Å². The first-order valence-electron chi connectivity index (χ1n) is 5.20. The molecule has 0 radical (unpaired) electrons. The van der Waals surface area contributed by atoms with Gasteiger partial charge in [0.15, 0.2) is 5.96 Å². The highest BCUT2D eigenvalue weighted by Crippen LogP contribution is 2.21. The molecule has 0 spiro atoms. The highest BCUT2D eigenvalue weighted by atomic mass is 15.3. The maximum Gasteiger partial charge on any atom is 0.191 e. The second kappa shape index (κ2) is 4.49. The van der Waals surface area contributed by atoms with Crippen molar-refractivity contribution in [3.63, 3.8) is 0 Å². The molecule has 0 aromatic heterocycles. The van der Waals surface area contributed by atoms with Gasteiger partial charge in [-0.1, -0.05) is 20.8 Å². The van der Waals surface area contributed by atoms with Crippen molar-refractivity contribution in [2.24, 2.45) is 22.6 Å². The first kappa shape index (κ1) is 10.4. The van der Waals surface area contributed by atoms with Crippen LogP contribution in [0.5, 0.6) is 0 Å². The fourth-order valence-electron chi connectivity index (χ4n) is 1.64. The molecule has 1 aliphatic heterocycles. The number of likely N-dealkylation sites (tertiary alicyclic amines) is 1. The van der Waals surface area contributed by atoms with E-state index in [1.165, 1.54) is 0 Å². The number of aliphatic imine (C=N–C) groups is 1. The van der Waals surface area contributed by atoms with Crippen molar-refractivity contribution in [2.45, 2.75) is 27.2 Å². The Hall–Kier alpha value is -0.730. The summed E-state index contributed by atoms with van der Waals surface area (Å²) in [5, 5.41) is 0. The third-order valence-corrected chi connectivity index (χ3v) is 2.81. The molecule has 1 aliphatic rings. The summed E-state index contributed by atoms with van der Waals surface area (Å²) in [4.78, 5) is 6.51. The van der Waals surface area contributed by atoms with Gasteiger partial charge in [-0.15, -0.1) is 0 Å². The van der Waals surface area contributed by atoms with Gasteiger partial charge in [0, 0.05) is 19.6 Å². The molecule has 2 atom stereocenters. The van der Waals surface area contributed by atoms with Gasteiger partial charge >= 0.3 is 0 Å². The molecule has 2 N–H and O–H groups in total. The minimum atomic E-state index is 0.734. The molecule has 0 saturated carbocycles. The molecule has 0 bridgehead atoms. The number of nitrogens with zero attached hydrogens (tertiary/aromatic N) is 2. The summed E-state index contributed by atoms with van der Waals surface area (Å²) in [6.07, 6.45) is 1.07. The van der Waals surface area contributed by atoms with E-state index in [1.54, 1.807) is 0 Å². The van der Waals surface area contributed by atoms with Crippen LogP contribution in [-0.2, 0) is 0 Å². The lowest BCUT2D eigenvalue weighted by Gasteiger charge is -2.16. The SMILES string of the molecule is CCCN=C(N)N1CC(C)C(C)C1. The summed E-state index contributed by atoms with van der Waals surface area (Å²) < 4.78 is 0. The quantitative estimate of drug-likeness (QED) is 0.518. The van der Waals surface area contributed by atoms with Crippen LogP contribution in [0.3, 0.4) is 0 Å². The van der Waals surface area contributed by atoms with E-state index in [-0.39, 0.29) is 0 Å². The van der Waals surface area contributed by atoms with Gasteiger partial charge in [-0.05, 0) is 18.3 Å². The summed E-state index contributed by atoms with van der Waals surface area (Å²) in [5.41, 5.74) is 5.87. The minimum Gasteiger partial charge on any atom is -0.370 e. The molecular formula is C10H21N3. The van der Waals surface area contributed by atoms with E-state index in [2.05, 4.69) is 30.7 Å². The Morgan fingerprint density at radius 1 is 1.38 bits per heavy atom. The zero-order chi connectivity index (χ0) is 9.84. The molecular weight excluding hydrogens is 162 g/mol. The van der Waals surface area contributed by atoms with Gasteiger partial charge in [-0.2, -0.15) is 0 Å². The number of nitrogens with two attached hydrogens (primary N) is 1. The van der Waals surface area contributed by atoms with Gasteiger partial charge < -0.3 is 10.6 Å². The number of hydrogen-bond acceptors (Lipinski definition) is 1. The molecule has 0 amide bonds. The van der Waals surface area contributed by atoms with E-state index in [0.29, 0.717) is 0 Å². The van der Waals surface area contributed by atoms with Crippen LogP contribution in [0.2, 0.25) is 0 Å². The first-order chi connectivity index (χ1) is 6.15. The molecule has 0 aromatic carbocycles. The zero-order valence-electron chi connectivity index (χ0n) is 8.95. The van der Waals surface area contributed by atoms with E-state index in [1.807, 2.05) is 0 Å². The third kappa shape index (κ3) is 2.61. The summed E-state index contributed by atoms with van der Waals surface area (Å²) in [6, 6.07) is 0. The van der Waals surface area contributed by atoms with Crippen molar-refractivity contribution >= 4 is 5.96 Å². The summed E-state index contributed by atoms with van der Waals surface area (Å²) in [5.74, 6) is 2.23. The van der Waals surface area contributed by atoms with E-state index in [0.717, 1.165) is 43.9 Å². The van der Waals surface area contributed by atoms with Crippen molar-refractivity contribution in [1.82, 2.24) is 4.90 Å². The normalized spacial score (nSPS) is 29.8. The summed E-state index contributed by atoms with van der Waals surface area (Å²) in [7, 11) is 0. The molecule has 3 nitrogen and oxygen atoms in total. The number of hydrogen-bond donors (Lipinski definition) is 1. The van der Waals surface area contributed by atoms with Crippen LogP contribution >= 0.6 is 0 Å². The zero-order valence-corrected chi connectivity index (χ0v) is 8.95. The lowest BCUT2D eigenvalue weighted by molar-refractivity contribution is 0.486. The van der Waals surface area contributed by atoms with Crippen molar-refractivity contribution in [3.05, 3.63) is 0 Å². The predicted octanol–water partition coefficient (Wildman–Crippen LogP) is 1.30. The van der Waals surface area contributed by atoms with Crippen molar-refractivity contribution in [3.8, 4) is 0 Å². The Morgan fingerprint density at radius 2 is 1.92 bits per heavy atom. The molecule has 1 saturated heterocycles. The van der Waals surface area contributed by atoms with Crippen LogP contribution in [0.15, 0.2) is 4.99 Å². The minimum absolute atomic E-state index is 0.734. The monoisotopic (exact) mass is 183 g/mol. The molecule has 1 fully saturated rings. The molecule has 1 heterocycles. The maximum atomic E-state index is 5.87. The molecule has 13 heavy (non-hydrogen) atoms. The Kier molecular flexibility index (Phi) is 3.58. The average Bonchev–Trinajstić information content (AvgIpc) is 2.43. The van der Waals surface area contributed by atoms with Crippen LogP contribution in [-0.4, -0.2) is 30.5 Å². The molecule has 0 aliphatic carbocycles. The van der Waals surface area contributed by atoms with Gasteiger partial charge in [-0.3, -0.25) is 4.99 Å². The van der Waals surface area contributed by atoms with E-state index in [9.17, 15) is 0 Å². The lowest BCUT2D eigenvalue weighted by Crippen LogP contribution is -2.35. The van der Waals surface area contributed by atoms with Gasteiger partial charge in [0.1, 0.15) is 0 Å². The number of guanidine groups is 1. The van der Waals surface area contributed by atoms with Crippen LogP contribution in [0.25, 0.3) is 0 Å². The molecule has 2 unspecified atom stereocenters. The van der Waals surface area contributed by atoms with E-state index in [4.69, 9.17) is 5.73 Å². The lowest BCUT2D eigenvalue weighted by atomic mass is 10.0. The first-order valence-corrected chi connectivity index (χ1v) is 5.20. The van der Waals surface area contributed by atoms with Gasteiger partial charge in [0.05, 0.1) is 0 Å². The topological polar surface area (TPSA) is 41.6 Å². The van der Waals surface area contributed by atoms with Crippen LogP contribution in [0.1, 0.15) is 27.2 Å². The second-order valence-corrected chi connectivity index (χ2v) is 4.10. The standard InChI is InChI=1S/C10H21N3/c1-4-5-12-10(11)13-6-8(2)9(3)7-13/h8-9H,4-7H2,1-3H3,(H2,11,12). The van der Waals surface area contributed by atoms with Gasteiger partial charge in [0.25, 0.3) is 0 Å². The predicted molar refractivity (Wildman–Crippen MR) is 56.7 cm³/mol. The fourth-order valence-corrected chi connectivity index (χ4v) is 1.64. The van der Waals surface area contributed by atoms with Gasteiger partial charge in [0.2, 0.25) is 0 Å². The van der Waals surface area contributed by atoms with Crippen LogP contribution in [0, 0.1) is 11.8 Å². The Balaban J connectivity index is 2.45. The molecule has 76 valence electrons. The van der Waals surface area contributed by atoms with Crippen molar-refractivity contribution < 1.29 is 0 Å². The second-order valence-electron chi connectivity index (χ2n) is 4.10. The maximum absolute atomic E-state index is 5.87. The summed E-state index contributed by atoms with van der Waals surface area (Å²) in [6.45, 7) is 9.66. The van der Waals surface area contributed by atoms with Crippen LogP contribution < -0.4 is 5.73 Å². The van der Waals surface area contributed by atoms with Crippen molar-refractivity contribution in [1.29, 1.82) is 0 Å². The Bertz CT molecular complexity index is 179. The Labute approximate surface area is 81.0 Å². The molecule has 1 rings (SSSR count). The highest BCUT2D eigenvalue weighted by molar-refractivity contribution is 5.78. The van der Waals surface area contributed by atoms with Crippen LogP contribution in [0.4, 0.5) is 0 Å². The Morgan fingerprint density at radius 3 is 2.38 bits per heavy atom. The number of rotatable bonds is 2. The summed E-state index contributed by atoms with van der Waals surface area (Å²) >= 11 is 0.